The smallest absolute Gasteiger partial charge is 0.0857 e. The summed E-state index contributed by atoms with van der Waals surface area (Å²) in [6.45, 7) is 8.39. The Hall–Kier alpha value is -1.31. The standard InChI is InChI=1S/C13H22N6S/c1-8-6-9(19(5)17-8)7-10(15-14)11-12(13(2,3)4)16-18-20-11/h6,10,15H,7,14H2,1-5H3. The summed E-state index contributed by atoms with van der Waals surface area (Å²) in [5, 5.41) is 8.65. The third-order valence-corrected chi connectivity index (χ3v) is 4.09. The van der Waals surface area contributed by atoms with Crippen LogP contribution in [-0.4, -0.2) is 19.4 Å². The van der Waals surface area contributed by atoms with Crippen LogP contribution < -0.4 is 11.3 Å². The number of hydrazine groups is 1. The van der Waals surface area contributed by atoms with E-state index in [9.17, 15) is 0 Å². The highest BCUT2D eigenvalue weighted by atomic mass is 32.1. The summed E-state index contributed by atoms with van der Waals surface area (Å²) in [5.41, 5.74) is 6.00. The molecule has 0 fully saturated rings. The lowest BCUT2D eigenvalue weighted by molar-refractivity contribution is 0.504. The second kappa shape index (κ2) is 5.59. The summed E-state index contributed by atoms with van der Waals surface area (Å²) in [5.74, 6) is 5.75. The van der Waals surface area contributed by atoms with Crippen molar-refractivity contribution in [3.05, 3.63) is 28.0 Å². The molecule has 0 aliphatic carbocycles. The summed E-state index contributed by atoms with van der Waals surface area (Å²) in [6.07, 6.45) is 0.765. The zero-order valence-electron chi connectivity index (χ0n) is 12.6. The molecule has 2 rings (SSSR count). The normalized spacial score (nSPS) is 13.7. The van der Waals surface area contributed by atoms with Crippen molar-refractivity contribution < 1.29 is 0 Å². The van der Waals surface area contributed by atoms with Gasteiger partial charge in [-0.15, -0.1) is 5.10 Å². The highest BCUT2D eigenvalue weighted by molar-refractivity contribution is 7.05. The van der Waals surface area contributed by atoms with Crippen molar-refractivity contribution in [1.29, 1.82) is 0 Å². The summed E-state index contributed by atoms with van der Waals surface area (Å²) in [6, 6.07) is 2.08. The number of aromatic nitrogens is 4. The van der Waals surface area contributed by atoms with Crippen molar-refractivity contribution in [1.82, 2.24) is 24.8 Å². The molecule has 0 aromatic carbocycles. The average molecular weight is 294 g/mol. The van der Waals surface area contributed by atoms with Crippen molar-refractivity contribution >= 4 is 11.5 Å². The fourth-order valence-corrected chi connectivity index (χ4v) is 3.16. The molecule has 2 aromatic heterocycles. The molecular formula is C13H22N6S. The molecule has 0 bridgehead atoms. The number of hydrogen-bond acceptors (Lipinski definition) is 6. The molecule has 0 spiro atoms. The van der Waals surface area contributed by atoms with Crippen LogP contribution in [0.4, 0.5) is 0 Å². The minimum Gasteiger partial charge on any atom is -0.272 e. The molecule has 110 valence electrons. The van der Waals surface area contributed by atoms with Crippen molar-refractivity contribution in [2.75, 3.05) is 0 Å². The van der Waals surface area contributed by atoms with Gasteiger partial charge in [0.15, 0.2) is 0 Å². The fourth-order valence-electron chi connectivity index (χ4n) is 2.24. The van der Waals surface area contributed by atoms with Crippen LogP contribution in [0.5, 0.6) is 0 Å². The van der Waals surface area contributed by atoms with Gasteiger partial charge in [-0.25, -0.2) is 0 Å². The molecular weight excluding hydrogens is 272 g/mol. The van der Waals surface area contributed by atoms with Crippen molar-refractivity contribution in [2.45, 2.75) is 45.6 Å². The van der Waals surface area contributed by atoms with Crippen LogP contribution in [0.25, 0.3) is 0 Å². The first kappa shape index (κ1) is 15.1. The van der Waals surface area contributed by atoms with E-state index >= 15 is 0 Å². The summed E-state index contributed by atoms with van der Waals surface area (Å²) in [4.78, 5) is 1.10. The minimum atomic E-state index is -0.0419. The van der Waals surface area contributed by atoms with E-state index in [2.05, 4.69) is 46.9 Å². The number of nitrogens with one attached hydrogen (secondary N) is 1. The van der Waals surface area contributed by atoms with Gasteiger partial charge in [-0.1, -0.05) is 25.3 Å². The monoisotopic (exact) mass is 294 g/mol. The highest BCUT2D eigenvalue weighted by Gasteiger charge is 2.27. The summed E-state index contributed by atoms with van der Waals surface area (Å²) in [7, 11) is 1.95. The van der Waals surface area contributed by atoms with E-state index in [0.717, 1.165) is 28.4 Å². The van der Waals surface area contributed by atoms with E-state index in [1.807, 2.05) is 18.7 Å². The number of rotatable bonds is 4. The Kier molecular flexibility index (Phi) is 4.22. The number of nitrogens with zero attached hydrogens (tertiary/aromatic N) is 4. The third-order valence-electron chi connectivity index (χ3n) is 3.25. The molecule has 1 unspecified atom stereocenters. The van der Waals surface area contributed by atoms with E-state index in [1.165, 1.54) is 11.5 Å². The number of aryl methyl sites for hydroxylation is 2. The first-order chi connectivity index (χ1) is 9.32. The first-order valence-corrected chi connectivity index (χ1v) is 7.38. The Morgan fingerprint density at radius 2 is 2.15 bits per heavy atom. The van der Waals surface area contributed by atoms with Crippen LogP contribution in [0.1, 0.15) is 48.8 Å². The SMILES string of the molecule is Cc1cc(CC(NN)c2snnc2C(C)(C)C)n(C)n1. The van der Waals surface area contributed by atoms with Gasteiger partial charge >= 0.3 is 0 Å². The van der Waals surface area contributed by atoms with Gasteiger partial charge in [0.1, 0.15) is 0 Å². The van der Waals surface area contributed by atoms with Crippen LogP contribution in [0.15, 0.2) is 6.07 Å². The van der Waals surface area contributed by atoms with Gasteiger partial charge in [-0.2, -0.15) is 5.10 Å². The Morgan fingerprint density at radius 1 is 1.45 bits per heavy atom. The number of nitrogens with two attached hydrogens (primary N) is 1. The Balaban J connectivity index is 2.30. The molecule has 0 radical (unpaired) electrons. The second-order valence-electron chi connectivity index (χ2n) is 6.06. The van der Waals surface area contributed by atoms with E-state index in [-0.39, 0.29) is 11.5 Å². The van der Waals surface area contributed by atoms with Crippen LogP contribution in [0.2, 0.25) is 0 Å². The Labute approximate surface area is 123 Å². The summed E-state index contributed by atoms with van der Waals surface area (Å²) >= 11 is 1.41. The molecule has 7 heteroatoms. The van der Waals surface area contributed by atoms with E-state index in [4.69, 9.17) is 5.84 Å². The largest absolute Gasteiger partial charge is 0.272 e. The lowest BCUT2D eigenvalue weighted by atomic mass is 9.89. The Morgan fingerprint density at radius 3 is 2.65 bits per heavy atom. The maximum absolute atomic E-state index is 5.75. The van der Waals surface area contributed by atoms with Gasteiger partial charge in [0, 0.05) is 24.6 Å². The van der Waals surface area contributed by atoms with E-state index in [0.29, 0.717) is 0 Å². The van der Waals surface area contributed by atoms with Crippen molar-refractivity contribution in [2.24, 2.45) is 12.9 Å². The van der Waals surface area contributed by atoms with Crippen LogP contribution in [0, 0.1) is 6.92 Å². The molecule has 0 aliphatic heterocycles. The third kappa shape index (κ3) is 3.05. The topological polar surface area (TPSA) is 81.6 Å². The zero-order valence-corrected chi connectivity index (χ0v) is 13.5. The van der Waals surface area contributed by atoms with Crippen LogP contribution in [0.3, 0.4) is 0 Å². The van der Waals surface area contributed by atoms with Gasteiger partial charge in [0.05, 0.1) is 22.3 Å². The maximum atomic E-state index is 5.75. The molecule has 20 heavy (non-hydrogen) atoms. The number of hydrogen-bond donors (Lipinski definition) is 2. The lowest BCUT2D eigenvalue weighted by Crippen LogP contribution is -2.31. The molecule has 6 nitrogen and oxygen atoms in total. The molecule has 2 aromatic rings. The average Bonchev–Trinajstić information content (AvgIpc) is 2.92. The molecule has 0 saturated heterocycles. The van der Waals surface area contributed by atoms with E-state index < -0.39 is 0 Å². The molecule has 2 heterocycles. The molecule has 1 atom stereocenters. The van der Waals surface area contributed by atoms with Gasteiger partial charge in [-0.3, -0.25) is 16.0 Å². The van der Waals surface area contributed by atoms with E-state index in [1.54, 1.807) is 0 Å². The quantitative estimate of drug-likeness (QED) is 0.661. The zero-order chi connectivity index (χ0) is 14.9. The van der Waals surface area contributed by atoms with Gasteiger partial charge in [-0.05, 0) is 24.5 Å². The maximum Gasteiger partial charge on any atom is 0.0857 e. The first-order valence-electron chi connectivity index (χ1n) is 6.61. The second-order valence-corrected chi connectivity index (χ2v) is 6.85. The van der Waals surface area contributed by atoms with Gasteiger partial charge in [0.2, 0.25) is 0 Å². The molecule has 0 aliphatic rings. The molecule has 0 amide bonds. The predicted octanol–water partition coefficient (Wildman–Crippen LogP) is 1.62. The predicted molar refractivity (Wildman–Crippen MR) is 80.3 cm³/mol. The minimum absolute atomic E-state index is 0.000903. The van der Waals surface area contributed by atoms with Crippen molar-refractivity contribution in [3.8, 4) is 0 Å². The highest BCUT2D eigenvalue weighted by Crippen LogP contribution is 2.31. The van der Waals surface area contributed by atoms with Crippen LogP contribution in [-0.2, 0) is 18.9 Å². The lowest BCUT2D eigenvalue weighted by Gasteiger charge is -2.21. The van der Waals surface area contributed by atoms with Crippen molar-refractivity contribution in [3.63, 3.8) is 0 Å². The summed E-state index contributed by atoms with van der Waals surface area (Å²) < 4.78 is 5.99. The van der Waals surface area contributed by atoms with Gasteiger partial charge < -0.3 is 0 Å². The Bertz CT molecular complexity index is 580. The van der Waals surface area contributed by atoms with Gasteiger partial charge in [0.25, 0.3) is 0 Å². The fraction of sp³-hybridized carbons (Fsp3) is 0.615. The van der Waals surface area contributed by atoms with Crippen LogP contribution >= 0.6 is 11.5 Å². The molecule has 0 saturated carbocycles. The molecule has 3 N–H and O–H groups in total.